The molecule has 8 atom stereocenters. The Bertz CT molecular complexity index is 1330. The minimum absolute atomic E-state index is 0.133. The summed E-state index contributed by atoms with van der Waals surface area (Å²) in [5, 5.41) is 0. The topological polar surface area (TPSA) is 111 Å². The zero-order valence-corrected chi connectivity index (χ0v) is 36.7. The molecule has 0 aromatic rings. The third-order valence-electron chi connectivity index (χ3n) is 16.4. The predicted octanol–water partition coefficient (Wildman–Crippen LogP) is 7.63. The van der Waals surface area contributed by atoms with Crippen molar-refractivity contribution in [3.05, 3.63) is 0 Å². The Kier molecular flexibility index (Phi) is 10.6. The lowest BCUT2D eigenvalue weighted by molar-refractivity contribution is -0.452. The highest BCUT2D eigenvalue weighted by Gasteiger charge is 2.79. The van der Waals surface area contributed by atoms with E-state index in [1.807, 2.05) is 0 Å². The average Bonchev–Trinajstić information content (AvgIpc) is 3.00. The monoisotopic (exact) mass is 771 g/mol. The van der Waals surface area contributed by atoms with E-state index in [9.17, 15) is 0 Å². The molecule has 12 nitrogen and oxygen atoms in total. The van der Waals surface area contributed by atoms with Gasteiger partial charge in [0.05, 0.1) is 85.0 Å². The van der Waals surface area contributed by atoms with Gasteiger partial charge in [-0.2, -0.15) is 0 Å². The summed E-state index contributed by atoms with van der Waals surface area (Å²) in [6, 6.07) is 0. The van der Waals surface area contributed by atoms with Crippen molar-refractivity contribution in [2.45, 2.75) is 212 Å². The van der Waals surface area contributed by atoms with Crippen LogP contribution in [0.15, 0.2) is 0 Å². The summed E-state index contributed by atoms with van der Waals surface area (Å²) in [6.45, 7) is 37.7. The van der Waals surface area contributed by atoms with Crippen LogP contribution in [0.5, 0.6) is 0 Å². The van der Waals surface area contributed by atoms with Crippen molar-refractivity contribution >= 4 is 0 Å². The summed E-state index contributed by atoms with van der Waals surface area (Å²) in [7, 11) is 0. The number of ether oxygens (including phenoxy) is 12. The highest BCUT2D eigenvalue weighted by molar-refractivity contribution is 5.26. The van der Waals surface area contributed by atoms with Crippen LogP contribution in [0.4, 0.5) is 0 Å². The first-order valence-electron chi connectivity index (χ1n) is 20.2. The summed E-state index contributed by atoms with van der Waals surface area (Å²) >= 11 is 0. The first kappa shape index (κ1) is 43.1. The van der Waals surface area contributed by atoms with Crippen LogP contribution >= 0.6 is 0 Å². The average molecular weight is 771 g/mol. The standard InChI is InChI=1S/C42H74O12/c1-28-40(31(3,4)46-22-43-28)29(2)44-23-52-37(40,15)19-18-30-41(32(5,6)47-24-45-30)33(7,8)48-26-53-38(41,16)20-21-39(17)42(36(13,14)51-27-54-39)34(9,10)49-25-50-35(42,11)12/h28-30H,18-27H2,1-17H3. The van der Waals surface area contributed by atoms with Crippen molar-refractivity contribution in [2.24, 2.45) is 16.2 Å². The first-order chi connectivity index (χ1) is 24.6. The van der Waals surface area contributed by atoms with E-state index in [0.717, 1.165) is 0 Å². The van der Waals surface area contributed by atoms with E-state index in [1.54, 1.807) is 0 Å². The van der Waals surface area contributed by atoms with Gasteiger partial charge in [0, 0.05) is 0 Å². The third kappa shape index (κ3) is 5.37. The van der Waals surface area contributed by atoms with Crippen LogP contribution in [-0.4, -0.2) is 109 Å². The molecular formula is C42H74O12. The molecule has 6 heterocycles. The molecule has 0 saturated carbocycles. The molecule has 0 aromatic heterocycles. The van der Waals surface area contributed by atoms with Gasteiger partial charge in [0.1, 0.15) is 40.8 Å². The minimum Gasteiger partial charge on any atom is -0.352 e. The molecule has 6 saturated heterocycles. The van der Waals surface area contributed by atoms with E-state index < -0.39 is 66.7 Å². The summed E-state index contributed by atoms with van der Waals surface area (Å²) in [4.78, 5) is 0. The molecule has 3 spiro atoms. The highest BCUT2D eigenvalue weighted by Crippen LogP contribution is 2.68. The maximum atomic E-state index is 7.00. The van der Waals surface area contributed by atoms with Crippen LogP contribution in [0.3, 0.4) is 0 Å². The second-order valence-corrected chi connectivity index (χ2v) is 20.5. The maximum Gasteiger partial charge on any atom is 0.148 e. The van der Waals surface area contributed by atoms with Crippen LogP contribution in [0, 0.1) is 16.2 Å². The molecule has 6 aliphatic heterocycles. The van der Waals surface area contributed by atoms with Gasteiger partial charge in [0.25, 0.3) is 0 Å². The zero-order valence-electron chi connectivity index (χ0n) is 36.7. The van der Waals surface area contributed by atoms with Crippen LogP contribution in [0.2, 0.25) is 0 Å². The molecule has 0 amide bonds. The van der Waals surface area contributed by atoms with Gasteiger partial charge in [-0.25, -0.2) is 0 Å². The van der Waals surface area contributed by atoms with Crippen LogP contribution in [0.25, 0.3) is 0 Å². The van der Waals surface area contributed by atoms with Crippen molar-refractivity contribution in [3.63, 3.8) is 0 Å². The van der Waals surface area contributed by atoms with Gasteiger partial charge in [-0.3, -0.25) is 0 Å². The van der Waals surface area contributed by atoms with Crippen LogP contribution < -0.4 is 0 Å². The van der Waals surface area contributed by atoms with E-state index in [4.69, 9.17) is 56.8 Å². The van der Waals surface area contributed by atoms with Gasteiger partial charge in [0.15, 0.2) is 0 Å². The molecule has 0 N–H and O–H groups in total. The fraction of sp³-hybridized carbons (Fsp3) is 1.00. The maximum absolute atomic E-state index is 7.00. The number of hydrogen-bond acceptors (Lipinski definition) is 12. The lowest BCUT2D eigenvalue weighted by atomic mass is 9.45. The largest absolute Gasteiger partial charge is 0.352 e. The van der Waals surface area contributed by atoms with Gasteiger partial charge in [-0.15, -0.1) is 0 Å². The smallest absolute Gasteiger partial charge is 0.148 e. The van der Waals surface area contributed by atoms with E-state index in [2.05, 4.69) is 118 Å². The quantitative estimate of drug-likeness (QED) is 0.265. The molecular weight excluding hydrogens is 696 g/mol. The van der Waals surface area contributed by atoms with Crippen molar-refractivity contribution in [2.75, 3.05) is 40.8 Å². The molecule has 314 valence electrons. The molecule has 8 unspecified atom stereocenters. The zero-order chi connectivity index (χ0) is 40.3. The van der Waals surface area contributed by atoms with Gasteiger partial charge >= 0.3 is 0 Å². The Morgan fingerprint density at radius 2 is 0.741 bits per heavy atom. The second kappa shape index (κ2) is 13.3. The van der Waals surface area contributed by atoms with Gasteiger partial charge in [-0.1, -0.05) is 0 Å². The van der Waals surface area contributed by atoms with E-state index >= 15 is 0 Å². The fourth-order valence-electron chi connectivity index (χ4n) is 15.1. The summed E-state index contributed by atoms with van der Waals surface area (Å²) in [5.41, 5.74) is -8.61. The first-order valence-corrected chi connectivity index (χ1v) is 20.2. The molecule has 0 bridgehead atoms. The number of hydrogen-bond donors (Lipinski definition) is 0. The molecule has 0 radical (unpaired) electrons. The normalized spacial score (nSPS) is 46.1. The van der Waals surface area contributed by atoms with Crippen molar-refractivity contribution in [1.82, 2.24) is 0 Å². The molecule has 6 rings (SSSR count). The van der Waals surface area contributed by atoms with E-state index in [0.29, 0.717) is 25.7 Å². The van der Waals surface area contributed by atoms with Gasteiger partial charge < -0.3 is 56.8 Å². The Labute approximate surface area is 325 Å². The van der Waals surface area contributed by atoms with Crippen LogP contribution in [0.1, 0.15) is 143 Å². The third-order valence-corrected chi connectivity index (χ3v) is 16.4. The van der Waals surface area contributed by atoms with Gasteiger partial charge in [0.2, 0.25) is 0 Å². The lowest BCUT2D eigenvalue weighted by Gasteiger charge is -2.72. The predicted molar refractivity (Wildman–Crippen MR) is 200 cm³/mol. The molecule has 6 fully saturated rings. The molecule has 12 heteroatoms. The SMILES string of the molecule is CC1OCOC(C)(C)C12C(C)OCOC2(C)CCC1OCOC(C)(C)C12C(C)(C)OCOC2(C)CCC1(C)OCOC(C)(C)C12C(C)(C)OCOC2(C)C. The van der Waals surface area contributed by atoms with E-state index in [1.165, 1.54) is 0 Å². The van der Waals surface area contributed by atoms with Crippen molar-refractivity contribution < 1.29 is 56.8 Å². The number of rotatable bonds is 6. The summed E-state index contributed by atoms with van der Waals surface area (Å²) in [5.74, 6) is 0. The Morgan fingerprint density at radius 1 is 0.370 bits per heavy atom. The van der Waals surface area contributed by atoms with E-state index in [-0.39, 0.29) is 59.1 Å². The Morgan fingerprint density at radius 3 is 1.28 bits per heavy atom. The molecule has 6 aliphatic rings. The minimum atomic E-state index is -0.823. The summed E-state index contributed by atoms with van der Waals surface area (Å²) in [6.07, 6.45) is 1.74. The second-order valence-electron chi connectivity index (χ2n) is 20.5. The fourth-order valence-corrected chi connectivity index (χ4v) is 15.1. The lowest BCUT2D eigenvalue weighted by Crippen LogP contribution is -2.82. The van der Waals surface area contributed by atoms with Crippen molar-refractivity contribution in [3.8, 4) is 0 Å². The highest BCUT2D eigenvalue weighted by atomic mass is 16.7. The van der Waals surface area contributed by atoms with Crippen LogP contribution in [-0.2, 0) is 56.8 Å². The van der Waals surface area contributed by atoms with Gasteiger partial charge in [-0.05, 0) is 143 Å². The Hall–Kier alpha value is -0.480. The Balaban J connectivity index is 1.43. The summed E-state index contributed by atoms with van der Waals surface area (Å²) < 4.78 is 79.2. The molecule has 0 aromatic carbocycles. The van der Waals surface area contributed by atoms with Crippen molar-refractivity contribution in [1.29, 1.82) is 0 Å². The molecule has 0 aliphatic carbocycles. The molecule has 54 heavy (non-hydrogen) atoms.